The molecule has 0 unspecified atom stereocenters. The van der Waals surface area contributed by atoms with E-state index in [1.165, 1.54) is 16.7 Å². The van der Waals surface area contributed by atoms with Crippen LogP contribution in [0.3, 0.4) is 0 Å². The molecule has 3 aromatic rings. The Kier molecular flexibility index (Phi) is 5.32. The van der Waals surface area contributed by atoms with E-state index in [0.29, 0.717) is 6.42 Å². The molecule has 27 heavy (non-hydrogen) atoms. The van der Waals surface area contributed by atoms with E-state index in [1.807, 2.05) is 17.0 Å². The molecule has 2 aromatic carbocycles. The van der Waals surface area contributed by atoms with Crippen molar-refractivity contribution in [1.82, 2.24) is 10.3 Å². The summed E-state index contributed by atoms with van der Waals surface area (Å²) in [6, 6.07) is 16.7. The van der Waals surface area contributed by atoms with Crippen molar-refractivity contribution in [2.45, 2.75) is 32.9 Å². The predicted octanol–water partition coefficient (Wildman–Crippen LogP) is 4.54. The molecule has 0 bridgehead atoms. The summed E-state index contributed by atoms with van der Waals surface area (Å²) in [5.41, 5.74) is 5.71. The van der Waals surface area contributed by atoms with Crippen molar-refractivity contribution >= 4 is 22.9 Å². The molecule has 0 aliphatic carbocycles. The van der Waals surface area contributed by atoms with Crippen LogP contribution in [0.4, 0.5) is 5.69 Å². The second kappa shape index (κ2) is 8.03. The molecule has 2 heterocycles. The van der Waals surface area contributed by atoms with Gasteiger partial charge in [0.15, 0.2) is 0 Å². The van der Waals surface area contributed by atoms with E-state index in [1.54, 1.807) is 11.3 Å². The fourth-order valence-corrected chi connectivity index (χ4v) is 4.09. The molecular weight excluding hydrogens is 354 g/mol. The van der Waals surface area contributed by atoms with Gasteiger partial charge in [-0.2, -0.15) is 0 Å². The summed E-state index contributed by atoms with van der Waals surface area (Å²) < 4.78 is 0. The maximum Gasteiger partial charge on any atom is 0.227 e. The Morgan fingerprint density at radius 2 is 1.85 bits per heavy atom. The van der Waals surface area contributed by atoms with Crippen molar-refractivity contribution in [2.75, 3.05) is 11.4 Å². The van der Waals surface area contributed by atoms with Crippen LogP contribution in [0.1, 0.15) is 29.7 Å². The summed E-state index contributed by atoms with van der Waals surface area (Å²) in [6.45, 7) is 4.46. The number of amides is 1. The van der Waals surface area contributed by atoms with Gasteiger partial charge in [-0.25, -0.2) is 4.98 Å². The summed E-state index contributed by atoms with van der Waals surface area (Å²) in [4.78, 5) is 18.4. The van der Waals surface area contributed by atoms with Gasteiger partial charge in [-0.05, 0) is 31.0 Å². The molecule has 1 N–H and O–H groups in total. The fraction of sp³-hybridized carbons (Fsp3) is 0.273. The van der Waals surface area contributed by atoms with E-state index in [-0.39, 0.29) is 5.91 Å². The van der Waals surface area contributed by atoms with Crippen LogP contribution in [0.2, 0.25) is 0 Å². The van der Waals surface area contributed by atoms with Crippen molar-refractivity contribution in [3.8, 4) is 10.6 Å². The maximum atomic E-state index is 11.8. The van der Waals surface area contributed by atoms with Gasteiger partial charge in [-0.1, -0.05) is 42.0 Å². The smallest absolute Gasteiger partial charge is 0.227 e. The lowest BCUT2D eigenvalue weighted by Gasteiger charge is -2.16. The van der Waals surface area contributed by atoms with Gasteiger partial charge in [0.2, 0.25) is 5.91 Å². The van der Waals surface area contributed by atoms with Gasteiger partial charge in [-0.15, -0.1) is 11.3 Å². The minimum Gasteiger partial charge on any atom is -0.312 e. The number of nitrogens with zero attached hydrogens (tertiary/aromatic N) is 2. The zero-order chi connectivity index (χ0) is 18.6. The van der Waals surface area contributed by atoms with Gasteiger partial charge >= 0.3 is 0 Å². The summed E-state index contributed by atoms with van der Waals surface area (Å²) in [5, 5.41) is 6.63. The molecule has 5 heteroatoms. The van der Waals surface area contributed by atoms with Crippen LogP contribution in [0.5, 0.6) is 0 Å². The third-order valence-electron chi connectivity index (χ3n) is 4.81. The van der Waals surface area contributed by atoms with E-state index < -0.39 is 0 Å². The fourth-order valence-electron chi connectivity index (χ4n) is 3.27. The van der Waals surface area contributed by atoms with Gasteiger partial charge in [0.05, 0.1) is 5.69 Å². The van der Waals surface area contributed by atoms with E-state index >= 15 is 0 Å². The standard InChI is InChI=1S/C22H23N3OS/c1-16-4-8-18(9-5-16)22-24-19(15-27-22)14-23-13-17-6-10-20(11-7-17)25-12-2-3-21(25)26/h4-11,15,23H,2-3,12-14H2,1H3. The third kappa shape index (κ3) is 4.26. The molecule has 0 atom stereocenters. The first-order chi connectivity index (χ1) is 13.2. The van der Waals surface area contributed by atoms with Crippen LogP contribution >= 0.6 is 11.3 Å². The molecule has 4 nitrogen and oxygen atoms in total. The average Bonchev–Trinajstić information content (AvgIpc) is 3.32. The molecule has 1 fully saturated rings. The van der Waals surface area contributed by atoms with E-state index in [4.69, 9.17) is 4.98 Å². The highest BCUT2D eigenvalue weighted by molar-refractivity contribution is 7.13. The maximum absolute atomic E-state index is 11.8. The second-order valence-electron chi connectivity index (χ2n) is 6.93. The van der Waals surface area contributed by atoms with Crippen LogP contribution in [0.15, 0.2) is 53.9 Å². The molecule has 1 amide bonds. The van der Waals surface area contributed by atoms with Gasteiger partial charge in [-0.3, -0.25) is 4.79 Å². The topological polar surface area (TPSA) is 45.2 Å². The number of nitrogens with one attached hydrogen (secondary N) is 1. The molecule has 1 saturated heterocycles. The first kappa shape index (κ1) is 17.9. The molecule has 1 aliphatic heterocycles. The SMILES string of the molecule is Cc1ccc(-c2nc(CNCc3ccc(N4CCCC4=O)cc3)cs2)cc1. The number of aromatic nitrogens is 1. The van der Waals surface area contributed by atoms with E-state index in [2.05, 4.69) is 54.0 Å². The Labute approximate surface area is 163 Å². The molecule has 1 aliphatic rings. The molecule has 0 spiro atoms. The number of carbonyl (C=O) groups is 1. The van der Waals surface area contributed by atoms with Crippen LogP contribution in [0.25, 0.3) is 10.6 Å². The average molecular weight is 378 g/mol. The Bertz CT molecular complexity index is 915. The number of aryl methyl sites for hydroxylation is 1. The highest BCUT2D eigenvalue weighted by Gasteiger charge is 2.21. The van der Waals surface area contributed by atoms with E-state index in [9.17, 15) is 4.79 Å². The lowest BCUT2D eigenvalue weighted by Crippen LogP contribution is -2.23. The Balaban J connectivity index is 1.31. The Hall–Kier alpha value is -2.50. The Morgan fingerprint density at radius 3 is 2.56 bits per heavy atom. The quantitative estimate of drug-likeness (QED) is 0.686. The molecule has 1 aromatic heterocycles. The van der Waals surface area contributed by atoms with Crippen LogP contribution in [-0.4, -0.2) is 17.4 Å². The zero-order valence-corrected chi connectivity index (χ0v) is 16.3. The number of benzene rings is 2. The van der Waals surface area contributed by atoms with Crippen molar-refractivity contribution in [2.24, 2.45) is 0 Å². The van der Waals surface area contributed by atoms with Gasteiger partial charge < -0.3 is 10.2 Å². The third-order valence-corrected chi connectivity index (χ3v) is 5.75. The van der Waals surface area contributed by atoms with Crippen LogP contribution in [0, 0.1) is 6.92 Å². The van der Waals surface area contributed by atoms with Crippen molar-refractivity contribution in [1.29, 1.82) is 0 Å². The number of rotatable bonds is 6. The predicted molar refractivity (Wildman–Crippen MR) is 111 cm³/mol. The highest BCUT2D eigenvalue weighted by Crippen LogP contribution is 2.24. The molecule has 4 rings (SSSR count). The van der Waals surface area contributed by atoms with E-state index in [0.717, 1.165) is 42.4 Å². The van der Waals surface area contributed by atoms with Gasteiger partial charge in [0.1, 0.15) is 5.01 Å². The van der Waals surface area contributed by atoms with Gasteiger partial charge in [0.25, 0.3) is 0 Å². The second-order valence-corrected chi connectivity index (χ2v) is 7.79. The summed E-state index contributed by atoms with van der Waals surface area (Å²) in [5.74, 6) is 0.230. The number of thiazole rings is 1. The number of hydrogen-bond donors (Lipinski definition) is 1. The van der Waals surface area contributed by atoms with Gasteiger partial charge in [0, 0.05) is 42.7 Å². The lowest BCUT2D eigenvalue weighted by atomic mass is 10.2. The Morgan fingerprint density at radius 1 is 1.07 bits per heavy atom. The first-order valence-corrected chi connectivity index (χ1v) is 10.2. The van der Waals surface area contributed by atoms with Crippen LogP contribution < -0.4 is 10.2 Å². The number of anilines is 1. The monoisotopic (exact) mass is 377 g/mol. The largest absolute Gasteiger partial charge is 0.312 e. The first-order valence-electron chi connectivity index (χ1n) is 9.30. The normalized spacial score (nSPS) is 14.1. The minimum atomic E-state index is 0.230. The summed E-state index contributed by atoms with van der Waals surface area (Å²) in [7, 11) is 0. The van der Waals surface area contributed by atoms with Crippen molar-refractivity contribution in [3.05, 3.63) is 70.7 Å². The minimum absolute atomic E-state index is 0.230. The van der Waals surface area contributed by atoms with Crippen LogP contribution in [-0.2, 0) is 17.9 Å². The molecule has 138 valence electrons. The summed E-state index contributed by atoms with van der Waals surface area (Å²) in [6.07, 6.45) is 1.63. The lowest BCUT2D eigenvalue weighted by molar-refractivity contribution is -0.117. The zero-order valence-electron chi connectivity index (χ0n) is 15.4. The highest BCUT2D eigenvalue weighted by atomic mass is 32.1. The molecule has 0 radical (unpaired) electrons. The molecular formula is C22H23N3OS. The van der Waals surface area contributed by atoms with Crippen molar-refractivity contribution < 1.29 is 4.79 Å². The summed E-state index contributed by atoms with van der Waals surface area (Å²) >= 11 is 1.68. The van der Waals surface area contributed by atoms with Crippen molar-refractivity contribution in [3.63, 3.8) is 0 Å². The number of carbonyl (C=O) groups excluding carboxylic acids is 1. The number of hydrogen-bond acceptors (Lipinski definition) is 4. The molecule has 0 saturated carbocycles.